The quantitative estimate of drug-likeness (QED) is 0.685. The van der Waals surface area contributed by atoms with Crippen molar-refractivity contribution < 1.29 is 14.7 Å². The Morgan fingerprint density at radius 2 is 1.86 bits per heavy atom. The highest BCUT2D eigenvalue weighted by molar-refractivity contribution is 5.79. The Hall–Kier alpha value is -1.88. The van der Waals surface area contributed by atoms with E-state index in [0.717, 1.165) is 12.0 Å². The summed E-state index contributed by atoms with van der Waals surface area (Å²) in [5.74, 6) is -0.230. The smallest absolute Gasteiger partial charge is 0.222 e. The molecule has 5 nitrogen and oxygen atoms in total. The molecule has 0 spiro atoms. The molecule has 0 radical (unpaired) electrons. The summed E-state index contributed by atoms with van der Waals surface area (Å²) < 4.78 is 0. The first kappa shape index (κ1) is 18.2. The van der Waals surface area contributed by atoms with E-state index in [1.54, 1.807) is 0 Å². The molecule has 0 fully saturated rings. The van der Waals surface area contributed by atoms with Crippen molar-refractivity contribution >= 4 is 11.8 Å². The third-order valence-electron chi connectivity index (χ3n) is 3.78. The molecular weight excluding hydrogens is 280 g/mol. The molecular formula is C17H26N2O3. The van der Waals surface area contributed by atoms with Gasteiger partial charge in [0.15, 0.2) is 0 Å². The maximum Gasteiger partial charge on any atom is 0.222 e. The van der Waals surface area contributed by atoms with E-state index in [4.69, 9.17) is 0 Å². The number of benzene rings is 1. The second-order valence-electron chi connectivity index (χ2n) is 5.62. The van der Waals surface area contributed by atoms with Crippen molar-refractivity contribution in [1.29, 1.82) is 0 Å². The van der Waals surface area contributed by atoms with Gasteiger partial charge in [-0.15, -0.1) is 0 Å². The second-order valence-corrected chi connectivity index (χ2v) is 5.62. The number of aliphatic hydroxyl groups is 1. The third kappa shape index (κ3) is 6.26. The highest BCUT2D eigenvalue weighted by Crippen LogP contribution is 2.16. The van der Waals surface area contributed by atoms with Crippen LogP contribution in [0.1, 0.15) is 45.2 Å². The largest absolute Gasteiger partial charge is 0.391 e. The molecule has 5 heteroatoms. The summed E-state index contributed by atoms with van der Waals surface area (Å²) in [4.78, 5) is 23.4. The molecule has 22 heavy (non-hydrogen) atoms. The molecule has 1 aromatic carbocycles. The SMILES string of the molecule is CCC(C)C(O)CNC(=O)CC(NC(C)=O)c1ccccc1. The standard InChI is InChI=1S/C17H26N2O3/c1-4-12(2)16(21)11-18-17(22)10-15(19-13(3)20)14-8-6-5-7-9-14/h5-9,12,15-16,21H,4,10-11H2,1-3H3,(H,18,22)(H,19,20). The zero-order valence-corrected chi connectivity index (χ0v) is 13.5. The van der Waals surface area contributed by atoms with Crippen molar-refractivity contribution in [3.05, 3.63) is 35.9 Å². The average Bonchev–Trinajstić information content (AvgIpc) is 2.51. The van der Waals surface area contributed by atoms with E-state index in [-0.39, 0.29) is 36.7 Å². The van der Waals surface area contributed by atoms with Crippen molar-refractivity contribution in [2.24, 2.45) is 5.92 Å². The van der Waals surface area contributed by atoms with Crippen molar-refractivity contribution in [3.63, 3.8) is 0 Å². The first-order valence-corrected chi connectivity index (χ1v) is 7.70. The molecule has 0 aromatic heterocycles. The van der Waals surface area contributed by atoms with Gasteiger partial charge in [-0.25, -0.2) is 0 Å². The summed E-state index contributed by atoms with van der Waals surface area (Å²) in [5, 5.41) is 15.4. The topological polar surface area (TPSA) is 78.4 Å². The number of carbonyl (C=O) groups is 2. The second kappa shape index (κ2) is 9.20. The van der Waals surface area contributed by atoms with Crippen molar-refractivity contribution in [3.8, 4) is 0 Å². The molecule has 1 rings (SSSR count). The van der Waals surface area contributed by atoms with E-state index in [0.29, 0.717) is 0 Å². The summed E-state index contributed by atoms with van der Waals surface area (Å²) in [6.45, 7) is 5.61. The zero-order valence-electron chi connectivity index (χ0n) is 13.5. The molecule has 1 aromatic rings. The zero-order chi connectivity index (χ0) is 16.5. The Bertz CT molecular complexity index is 476. The minimum absolute atomic E-state index is 0.139. The fourth-order valence-corrected chi connectivity index (χ4v) is 2.13. The van der Waals surface area contributed by atoms with Gasteiger partial charge in [0.05, 0.1) is 18.6 Å². The lowest BCUT2D eigenvalue weighted by molar-refractivity contribution is -0.123. The lowest BCUT2D eigenvalue weighted by atomic mass is 10.0. The van der Waals surface area contributed by atoms with Crippen LogP contribution in [0.5, 0.6) is 0 Å². The first-order chi connectivity index (χ1) is 10.4. The number of hydrogen-bond donors (Lipinski definition) is 3. The summed E-state index contributed by atoms with van der Waals surface area (Å²) in [6, 6.07) is 9.02. The molecule has 0 aliphatic carbocycles. The van der Waals surface area contributed by atoms with Crippen LogP contribution in [0, 0.1) is 5.92 Å². The van der Waals surface area contributed by atoms with Gasteiger partial charge >= 0.3 is 0 Å². The number of rotatable bonds is 8. The Morgan fingerprint density at radius 1 is 1.23 bits per heavy atom. The number of nitrogens with one attached hydrogen (secondary N) is 2. The molecule has 0 saturated heterocycles. The molecule has 2 amide bonds. The van der Waals surface area contributed by atoms with E-state index >= 15 is 0 Å². The average molecular weight is 306 g/mol. The van der Waals surface area contributed by atoms with Crippen LogP contribution in [0.2, 0.25) is 0 Å². The Kier molecular flexibility index (Phi) is 7.60. The minimum atomic E-state index is -0.551. The minimum Gasteiger partial charge on any atom is -0.391 e. The van der Waals surface area contributed by atoms with Gasteiger partial charge in [0.1, 0.15) is 0 Å². The fourth-order valence-electron chi connectivity index (χ4n) is 2.13. The van der Waals surface area contributed by atoms with Crippen LogP contribution >= 0.6 is 0 Å². The predicted molar refractivity (Wildman–Crippen MR) is 86.1 cm³/mol. The normalized spacial score (nSPS) is 14.7. The van der Waals surface area contributed by atoms with Crippen LogP contribution in [0.15, 0.2) is 30.3 Å². The van der Waals surface area contributed by atoms with E-state index in [1.807, 2.05) is 44.2 Å². The van der Waals surface area contributed by atoms with Crippen LogP contribution in [-0.4, -0.2) is 29.6 Å². The van der Waals surface area contributed by atoms with Gasteiger partial charge in [-0.05, 0) is 11.5 Å². The van der Waals surface area contributed by atoms with Gasteiger partial charge in [-0.2, -0.15) is 0 Å². The maximum absolute atomic E-state index is 12.1. The van der Waals surface area contributed by atoms with Crippen LogP contribution in [0.25, 0.3) is 0 Å². The predicted octanol–water partition coefficient (Wildman–Crippen LogP) is 1.78. The first-order valence-electron chi connectivity index (χ1n) is 7.70. The van der Waals surface area contributed by atoms with Crippen LogP contribution in [0.3, 0.4) is 0 Å². The van der Waals surface area contributed by atoms with Crippen molar-refractivity contribution in [2.75, 3.05) is 6.54 Å². The molecule has 122 valence electrons. The molecule has 0 aliphatic rings. The van der Waals surface area contributed by atoms with Crippen LogP contribution in [-0.2, 0) is 9.59 Å². The molecule has 0 aliphatic heterocycles. The van der Waals surface area contributed by atoms with E-state index in [9.17, 15) is 14.7 Å². The van der Waals surface area contributed by atoms with Gasteiger partial charge in [-0.1, -0.05) is 50.6 Å². The lowest BCUT2D eigenvalue weighted by Crippen LogP contribution is -2.38. The van der Waals surface area contributed by atoms with Crippen LogP contribution < -0.4 is 10.6 Å². The fraction of sp³-hybridized carbons (Fsp3) is 0.529. The van der Waals surface area contributed by atoms with E-state index in [1.165, 1.54) is 6.92 Å². The van der Waals surface area contributed by atoms with Gasteiger partial charge in [0.2, 0.25) is 11.8 Å². The van der Waals surface area contributed by atoms with Crippen molar-refractivity contribution in [2.45, 2.75) is 45.8 Å². The summed E-state index contributed by atoms with van der Waals surface area (Å²) >= 11 is 0. The van der Waals surface area contributed by atoms with Crippen LogP contribution in [0.4, 0.5) is 0 Å². The molecule has 0 heterocycles. The Balaban J connectivity index is 2.59. The number of amides is 2. The van der Waals surface area contributed by atoms with Gasteiger partial charge < -0.3 is 15.7 Å². The summed E-state index contributed by atoms with van der Waals surface area (Å²) in [7, 11) is 0. The summed E-state index contributed by atoms with van der Waals surface area (Å²) in [6.07, 6.45) is 0.455. The monoisotopic (exact) mass is 306 g/mol. The summed E-state index contributed by atoms with van der Waals surface area (Å²) in [5.41, 5.74) is 0.885. The lowest BCUT2D eigenvalue weighted by Gasteiger charge is -2.20. The Morgan fingerprint density at radius 3 is 2.41 bits per heavy atom. The van der Waals surface area contributed by atoms with Crippen molar-refractivity contribution in [1.82, 2.24) is 10.6 Å². The van der Waals surface area contributed by atoms with Gasteiger partial charge in [0, 0.05) is 13.5 Å². The Labute approximate surface area is 132 Å². The molecule has 0 saturated carbocycles. The molecule has 3 unspecified atom stereocenters. The molecule has 0 bridgehead atoms. The maximum atomic E-state index is 12.1. The van der Waals surface area contributed by atoms with E-state index in [2.05, 4.69) is 10.6 Å². The number of carbonyl (C=O) groups excluding carboxylic acids is 2. The molecule has 3 atom stereocenters. The van der Waals surface area contributed by atoms with E-state index < -0.39 is 6.10 Å². The van der Waals surface area contributed by atoms with Gasteiger partial charge in [-0.3, -0.25) is 9.59 Å². The third-order valence-corrected chi connectivity index (χ3v) is 3.78. The highest BCUT2D eigenvalue weighted by Gasteiger charge is 2.18. The number of hydrogen-bond acceptors (Lipinski definition) is 3. The van der Waals surface area contributed by atoms with Gasteiger partial charge in [0.25, 0.3) is 0 Å². The molecule has 3 N–H and O–H groups in total. The number of aliphatic hydroxyl groups excluding tert-OH is 1. The highest BCUT2D eigenvalue weighted by atomic mass is 16.3.